The maximum Gasteiger partial charge on any atom is 0.305 e. The summed E-state index contributed by atoms with van der Waals surface area (Å²) in [5.74, 6) is -0.912. The number of carboxylic acid groups (broad SMARTS) is 1. The van der Waals surface area contributed by atoms with Crippen LogP contribution in [0, 0.1) is 0 Å². The molecule has 0 aromatic carbocycles. The number of aliphatic hydroxyl groups excluding tert-OH is 4. The van der Waals surface area contributed by atoms with E-state index in [1.165, 1.54) is 0 Å². The number of ether oxygens (including phenoxy) is 5. The second-order valence-corrected chi connectivity index (χ2v) is 5.55. The SMILES string of the molecule is O=C(O)CCOCCOCCOCCOC1OC(CO)C(O)C(O)C1O. The van der Waals surface area contributed by atoms with Crippen LogP contribution in [-0.4, -0.2) is 115 Å². The van der Waals surface area contributed by atoms with Crippen molar-refractivity contribution in [2.24, 2.45) is 0 Å². The highest BCUT2D eigenvalue weighted by Crippen LogP contribution is 2.21. The van der Waals surface area contributed by atoms with E-state index in [1.807, 2.05) is 0 Å². The molecule has 26 heavy (non-hydrogen) atoms. The monoisotopic (exact) mass is 384 g/mol. The normalized spacial score (nSPS) is 29.0. The molecule has 154 valence electrons. The Bertz CT molecular complexity index is 379. The maximum absolute atomic E-state index is 10.2. The summed E-state index contributed by atoms with van der Waals surface area (Å²) in [5, 5.41) is 46.5. The summed E-state index contributed by atoms with van der Waals surface area (Å²) < 4.78 is 25.9. The summed E-state index contributed by atoms with van der Waals surface area (Å²) in [7, 11) is 0. The van der Waals surface area contributed by atoms with Crippen molar-refractivity contribution in [2.45, 2.75) is 37.1 Å². The second kappa shape index (κ2) is 13.3. The Morgan fingerprint density at radius 3 is 1.88 bits per heavy atom. The number of aliphatic hydroxyl groups is 4. The van der Waals surface area contributed by atoms with E-state index in [0.29, 0.717) is 26.4 Å². The van der Waals surface area contributed by atoms with E-state index in [-0.39, 0.29) is 26.2 Å². The molecule has 0 aromatic rings. The molecule has 0 spiro atoms. The van der Waals surface area contributed by atoms with Crippen LogP contribution < -0.4 is 0 Å². The zero-order chi connectivity index (χ0) is 19.4. The third kappa shape index (κ3) is 8.66. The minimum Gasteiger partial charge on any atom is -0.481 e. The van der Waals surface area contributed by atoms with Crippen molar-refractivity contribution in [3.8, 4) is 0 Å². The van der Waals surface area contributed by atoms with Crippen molar-refractivity contribution in [2.75, 3.05) is 52.9 Å². The first-order chi connectivity index (χ1) is 12.5. The molecule has 1 aliphatic rings. The molecular formula is C15H28O11. The minimum absolute atomic E-state index is 0.0441. The number of hydrogen-bond donors (Lipinski definition) is 5. The lowest BCUT2D eigenvalue weighted by Gasteiger charge is -2.39. The van der Waals surface area contributed by atoms with Crippen molar-refractivity contribution < 1.29 is 54.0 Å². The molecule has 11 heteroatoms. The molecule has 0 aliphatic carbocycles. The molecule has 1 fully saturated rings. The van der Waals surface area contributed by atoms with Crippen LogP contribution in [0.3, 0.4) is 0 Å². The van der Waals surface area contributed by atoms with Crippen LogP contribution >= 0.6 is 0 Å². The van der Waals surface area contributed by atoms with Gasteiger partial charge in [-0.1, -0.05) is 0 Å². The maximum atomic E-state index is 10.2. The highest BCUT2D eigenvalue weighted by molar-refractivity contribution is 5.66. The zero-order valence-electron chi connectivity index (χ0n) is 14.4. The van der Waals surface area contributed by atoms with E-state index in [1.54, 1.807) is 0 Å². The molecule has 1 aliphatic heterocycles. The predicted molar refractivity (Wildman–Crippen MR) is 84.4 cm³/mol. The molecule has 11 nitrogen and oxygen atoms in total. The lowest BCUT2D eigenvalue weighted by Crippen LogP contribution is -2.59. The van der Waals surface area contributed by atoms with Crippen LogP contribution in [-0.2, 0) is 28.5 Å². The lowest BCUT2D eigenvalue weighted by molar-refractivity contribution is -0.302. The number of carboxylic acids is 1. The van der Waals surface area contributed by atoms with Gasteiger partial charge in [0.2, 0.25) is 0 Å². The van der Waals surface area contributed by atoms with Gasteiger partial charge in [0.15, 0.2) is 6.29 Å². The molecular weight excluding hydrogens is 356 g/mol. The Morgan fingerprint density at radius 2 is 1.35 bits per heavy atom. The Labute approximate surface area is 151 Å². The van der Waals surface area contributed by atoms with Gasteiger partial charge in [-0.3, -0.25) is 4.79 Å². The third-order valence-electron chi connectivity index (χ3n) is 3.56. The fourth-order valence-corrected chi connectivity index (χ4v) is 2.13. The van der Waals surface area contributed by atoms with Crippen LogP contribution in [0.1, 0.15) is 6.42 Å². The Kier molecular flexibility index (Phi) is 11.8. The summed E-state index contributed by atoms with van der Waals surface area (Å²) in [6.07, 6.45) is -6.55. The van der Waals surface area contributed by atoms with E-state index in [4.69, 9.17) is 33.9 Å². The van der Waals surface area contributed by atoms with Gasteiger partial charge < -0.3 is 49.2 Å². The third-order valence-corrected chi connectivity index (χ3v) is 3.56. The van der Waals surface area contributed by atoms with E-state index in [0.717, 1.165) is 0 Å². The first-order valence-corrected chi connectivity index (χ1v) is 8.34. The van der Waals surface area contributed by atoms with E-state index >= 15 is 0 Å². The number of aliphatic carboxylic acids is 1. The highest BCUT2D eigenvalue weighted by Gasteiger charge is 2.43. The van der Waals surface area contributed by atoms with Gasteiger partial charge in [0, 0.05) is 0 Å². The van der Waals surface area contributed by atoms with Gasteiger partial charge >= 0.3 is 5.97 Å². The fraction of sp³-hybridized carbons (Fsp3) is 0.933. The van der Waals surface area contributed by atoms with Gasteiger partial charge in [-0.25, -0.2) is 0 Å². The van der Waals surface area contributed by atoms with Crippen molar-refractivity contribution in [3.05, 3.63) is 0 Å². The molecule has 1 saturated heterocycles. The topological polar surface area (TPSA) is 164 Å². The van der Waals surface area contributed by atoms with Gasteiger partial charge in [-0.15, -0.1) is 0 Å². The molecule has 1 rings (SSSR count). The first-order valence-electron chi connectivity index (χ1n) is 8.34. The second-order valence-electron chi connectivity index (χ2n) is 5.55. The van der Waals surface area contributed by atoms with Gasteiger partial charge in [-0.05, 0) is 0 Å². The van der Waals surface area contributed by atoms with Gasteiger partial charge in [0.25, 0.3) is 0 Å². The van der Waals surface area contributed by atoms with Gasteiger partial charge in [-0.2, -0.15) is 0 Å². The van der Waals surface area contributed by atoms with E-state index < -0.39 is 43.3 Å². The standard InChI is InChI=1S/C15H28O11/c16-9-10-12(19)13(20)14(21)15(26-10)25-8-7-24-6-5-23-4-3-22-2-1-11(17)18/h10,12-16,19-21H,1-9H2,(H,17,18). The van der Waals surface area contributed by atoms with Crippen molar-refractivity contribution in [1.29, 1.82) is 0 Å². The van der Waals surface area contributed by atoms with Crippen LogP contribution in [0.25, 0.3) is 0 Å². The molecule has 5 N–H and O–H groups in total. The van der Waals surface area contributed by atoms with Crippen LogP contribution in [0.2, 0.25) is 0 Å². The Morgan fingerprint density at radius 1 is 0.808 bits per heavy atom. The molecule has 5 unspecified atom stereocenters. The van der Waals surface area contributed by atoms with Gasteiger partial charge in [0.1, 0.15) is 24.4 Å². The number of hydrogen-bond acceptors (Lipinski definition) is 10. The zero-order valence-corrected chi connectivity index (χ0v) is 14.4. The minimum atomic E-state index is -1.47. The average Bonchev–Trinajstić information content (AvgIpc) is 2.62. The predicted octanol–water partition coefficient (Wildman–Crippen LogP) is -2.67. The smallest absolute Gasteiger partial charge is 0.305 e. The lowest BCUT2D eigenvalue weighted by atomic mass is 9.99. The number of carbonyl (C=O) groups is 1. The van der Waals surface area contributed by atoms with Crippen molar-refractivity contribution in [3.63, 3.8) is 0 Å². The first kappa shape index (κ1) is 23.1. The summed E-state index contributed by atoms with van der Waals surface area (Å²) in [5.41, 5.74) is 0. The van der Waals surface area contributed by atoms with Crippen molar-refractivity contribution >= 4 is 5.97 Å². The summed E-state index contributed by atoms with van der Waals surface area (Å²) in [6, 6.07) is 0. The van der Waals surface area contributed by atoms with Crippen LogP contribution in [0.5, 0.6) is 0 Å². The largest absolute Gasteiger partial charge is 0.481 e. The van der Waals surface area contributed by atoms with Crippen LogP contribution in [0.4, 0.5) is 0 Å². The molecule has 1 heterocycles. The quantitative estimate of drug-likeness (QED) is 0.198. The highest BCUT2D eigenvalue weighted by atomic mass is 16.7. The fourth-order valence-electron chi connectivity index (χ4n) is 2.13. The molecule has 0 radical (unpaired) electrons. The molecule has 0 saturated carbocycles. The van der Waals surface area contributed by atoms with Gasteiger partial charge in [0.05, 0.1) is 59.3 Å². The Hall–Kier alpha value is -0.890. The van der Waals surface area contributed by atoms with E-state index in [9.17, 15) is 20.1 Å². The molecule has 0 aromatic heterocycles. The number of rotatable bonds is 14. The molecule has 0 amide bonds. The molecule has 0 bridgehead atoms. The van der Waals surface area contributed by atoms with E-state index in [2.05, 4.69) is 0 Å². The Balaban J connectivity index is 1.98. The summed E-state index contributed by atoms with van der Waals surface area (Å²) >= 11 is 0. The summed E-state index contributed by atoms with van der Waals surface area (Å²) in [6.45, 7) is 1.13. The van der Waals surface area contributed by atoms with Crippen LogP contribution in [0.15, 0.2) is 0 Å². The molecule has 5 atom stereocenters. The average molecular weight is 384 g/mol. The summed E-state index contributed by atoms with van der Waals surface area (Å²) in [4.78, 5) is 10.2. The van der Waals surface area contributed by atoms with Crippen molar-refractivity contribution in [1.82, 2.24) is 0 Å².